The molecule has 2 aliphatic heterocycles. The first-order chi connectivity index (χ1) is 9.30. The van der Waals surface area contributed by atoms with Gasteiger partial charge in [0.25, 0.3) is 0 Å². The van der Waals surface area contributed by atoms with Crippen molar-refractivity contribution in [3.63, 3.8) is 0 Å². The van der Waals surface area contributed by atoms with E-state index in [9.17, 15) is 0 Å². The molecular formula is C14H21BN2O3. The molecule has 1 aromatic heterocycles. The molecule has 2 aliphatic rings. The van der Waals surface area contributed by atoms with E-state index in [0.29, 0.717) is 11.7 Å². The molecule has 0 bridgehead atoms. The van der Waals surface area contributed by atoms with Gasteiger partial charge >= 0.3 is 7.12 Å². The number of nitrogens with zero attached hydrogens (tertiary/aromatic N) is 1. The minimum atomic E-state index is -0.402. The molecule has 3 rings (SSSR count). The number of hydrogen-bond acceptors (Lipinski definition) is 5. The Balaban J connectivity index is 1.96. The molecule has 3 heterocycles. The molecule has 2 N–H and O–H groups in total. The van der Waals surface area contributed by atoms with Crippen molar-refractivity contribution in [2.75, 3.05) is 18.9 Å². The van der Waals surface area contributed by atoms with Gasteiger partial charge in [-0.15, -0.1) is 0 Å². The lowest BCUT2D eigenvalue weighted by atomic mass is 9.73. The number of ether oxygens (including phenoxy) is 1. The summed E-state index contributed by atoms with van der Waals surface area (Å²) in [5.74, 6) is 0.843. The van der Waals surface area contributed by atoms with Crippen LogP contribution in [0.4, 0.5) is 5.82 Å². The van der Waals surface area contributed by atoms with Gasteiger partial charge in [0.2, 0.25) is 0 Å². The van der Waals surface area contributed by atoms with Crippen LogP contribution >= 0.6 is 0 Å². The molecular weight excluding hydrogens is 255 g/mol. The number of anilines is 1. The highest BCUT2D eigenvalue weighted by Gasteiger charge is 2.52. The summed E-state index contributed by atoms with van der Waals surface area (Å²) in [5, 5.41) is 0. The van der Waals surface area contributed by atoms with Gasteiger partial charge in [-0.1, -0.05) is 0 Å². The number of nitrogens with two attached hydrogens (primary N) is 1. The Bertz CT molecular complexity index is 513. The fraction of sp³-hybridized carbons (Fsp3) is 0.643. The molecule has 2 fully saturated rings. The van der Waals surface area contributed by atoms with Crippen LogP contribution in [-0.2, 0) is 14.0 Å². The van der Waals surface area contributed by atoms with Crippen LogP contribution in [0.1, 0.15) is 39.2 Å². The van der Waals surface area contributed by atoms with E-state index in [1.807, 2.05) is 40.0 Å². The Labute approximate surface area is 119 Å². The molecule has 2 saturated heterocycles. The van der Waals surface area contributed by atoms with Crippen molar-refractivity contribution < 1.29 is 14.0 Å². The normalized spacial score (nSPS) is 24.7. The quantitative estimate of drug-likeness (QED) is 0.819. The monoisotopic (exact) mass is 276 g/mol. The molecule has 1 aromatic rings. The standard InChI is InChI=1S/C14H21BN2O3/c1-13(2)14(3,4)20-15(19-13)11-5-12(16)17-6-10(11)9-7-18-8-9/h5-6,9H,7-8H2,1-4H3,(H2,16,17). The van der Waals surface area contributed by atoms with Gasteiger partial charge in [-0.25, -0.2) is 4.98 Å². The summed E-state index contributed by atoms with van der Waals surface area (Å²) in [6.07, 6.45) is 1.82. The summed E-state index contributed by atoms with van der Waals surface area (Å²) in [4.78, 5) is 4.20. The van der Waals surface area contributed by atoms with E-state index in [2.05, 4.69) is 4.98 Å². The maximum atomic E-state index is 6.12. The van der Waals surface area contributed by atoms with Crippen LogP contribution in [0, 0.1) is 0 Å². The highest BCUT2D eigenvalue weighted by atomic mass is 16.7. The van der Waals surface area contributed by atoms with Crippen LogP contribution in [0.3, 0.4) is 0 Å². The van der Waals surface area contributed by atoms with Crippen molar-refractivity contribution in [3.05, 3.63) is 17.8 Å². The first kappa shape index (κ1) is 13.9. The minimum Gasteiger partial charge on any atom is -0.399 e. The van der Waals surface area contributed by atoms with Gasteiger partial charge in [-0.3, -0.25) is 0 Å². The van der Waals surface area contributed by atoms with Gasteiger partial charge < -0.3 is 19.8 Å². The molecule has 20 heavy (non-hydrogen) atoms. The predicted molar refractivity (Wildman–Crippen MR) is 77.9 cm³/mol. The Kier molecular flexibility index (Phi) is 3.08. The first-order valence-corrected chi connectivity index (χ1v) is 6.99. The SMILES string of the molecule is CC1(C)OB(c2cc(N)ncc2C2COC2)OC1(C)C. The fourth-order valence-corrected chi connectivity index (χ4v) is 2.43. The van der Waals surface area contributed by atoms with E-state index >= 15 is 0 Å². The lowest BCUT2D eigenvalue weighted by molar-refractivity contribution is 0.00578. The third-order valence-corrected chi connectivity index (χ3v) is 4.57. The van der Waals surface area contributed by atoms with Crippen LogP contribution in [-0.4, -0.2) is 36.5 Å². The number of hydrogen-bond donors (Lipinski definition) is 1. The van der Waals surface area contributed by atoms with Gasteiger partial charge in [0.15, 0.2) is 0 Å². The van der Waals surface area contributed by atoms with Crippen molar-refractivity contribution in [1.82, 2.24) is 4.98 Å². The van der Waals surface area contributed by atoms with Gasteiger partial charge in [0.05, 0.1) is 24.4 Å². The number of aromatic nitrogens is 1. The van der Waals surface area contributed by atoms with Crippen molar-refractivity contribution in [2.24, 2.45) is 0 Å². The van der Waals surface area contributed by atoms with E-state index in [4.69, 9.17) is 19.8 Å². The smallest absolute Gasteiger partial charge is 0.399 e. The van der Waals surface area contributed by atoms with Gasteiger partial charge in [0, 0.05) is 12.1 Å². The van der Waals surface area contributed by atoms with E-state index in [1.165, 1.54) is 0 Å². The predicted octanol–water partition coefficient (Wildman–Crippen LogP) is 1.08. The second-order valence-corrected chi connectivity index (χ2v) is 6.56. The zero-order chi connectivity index (χ0) is 14.5. The van der Waals surface area contributed by atoms with Crippen LogP contribution in [0.15, 0.2) is 12.3 Å². The Hall–Kier alpha value is -1.11. The van der Waals surface area contributed by atoms with Gasteiger partial charge in [-0.2, -0.15) is 0 Å². The molecule has 0 atom stereocenters. The fourth-order valence-electron chi connectivity index (χ4n) is 2.43. The zero-order valence-corrected chi connectivity index (χ0v) is 12.5. The molecule has 0 spiro atoms. The topological polar surface area (TPSA) is 66.6 Å². The van der Waals surface area contributed by atoms with Crippen molar-refractivity contribution in [2.45, 2.75) is 44.8 Å². The number of rotatable bonds is 2. The summed E-state index contributed by atoms with van der Waals surface area (Å²) in [5.41, 5.74) is 7.21. The third kappa shape index (κ3) is 2.12. The van der Waals surface area contributed by atoms with Crippen LogP contribution < -0.4 is 11.2 Å². The van der Waals surface area contributed by atoms with Crippen molar-refractivity contribution >= 4 is 18.4 Å². The number of pyridine rings is 1. The maximum absolute atomic E-state index is 6.12. The van der Waals surface area contributed by atoms with Crippen LogP contribution in [0.2, 0.25) is 0 Å². The van der Waals surface area contributed by atoms with E-state index in [1.54, 1.807) is 0 Å². The Morgan fingerprint density at radius 2 is 1.80 bits per heavy atom. The molecule has 0 amide bonds. The number of nitrogen functional groups attached to an aromatic ring is 1. The molecule has 5 nitrogen and oxygen atoms in total. The first-order valence-electron chi connectivity index (χ1n) is 6.99. The lowest BCUT2D eigenvalue weighted by Gasteiger charge is -2.32. The maximum Gasteiger partial charge on any atom is 0.495 e. The van der Waals surface area contributed by atoms with Crippen LogP contribution in [0.5, 0.6) is 0 Å². The summed E-state index contributed by atoms with van der Waals surface area (Å²) in [7, 11) is -0.402. The van der Waals surface area contributed by atoms with Gasteiger partial charge in [-0.05, 0) is 44.8 Å². The molecule has 0 unspecified atom stereocenters. The Morgan fingerprint density at radius 1 is 1.20 bits per heavy atom. The molecule has 0 aromatic carbocycles. The van der Waals surface area contributed by atoms with Crippen LogP contribution in [0.25, 0.3) is 0 Å². The van der Waals surface area contributed by atoms with E-state index in [0.717, 1.165) is 24.2 Å². The molecule has 0 saturated carbocycles. The van der Waals surface area contributed by atoms with Crippen molar-refractivity contribution in [1.29, 1.82) is 0 Å². The second-order valence-electron chi connectivity index (χ2n) is 6.56. The molecule has 0 radical (unpaired) electrons. The van der Waals surface area contributed by atoms with E-state index < -0.39 is 7.12 Å². The van der Waals surface area contributed by atoms with Gasteiger partial charge in [0.1, 0.15) is 5.82 Å². The summed E-state index contributed by atoms with van der Waals surface area (Å²) >= 11 is 0. The molecule has 6 heteroatoms. The summed E-state index contributed by atoms with van der Waals surface area (Å²) < 4.78 is 17.5. The largest absolute Gasteiger partial charge is 0.495 e. The summed E-state index contributed by atoms with van der Waals surface area (Å²) in [6, 6.07) is 1.86. The third-order valence-electron chi connectivity index (χ3n) is 4.57. The van der Waals surface area contributed by atoms with Crippen molar-refractivity contribution in [3.8, 4) is 0 Å². The highest BCUT2D eigenvalue weighted by Crippen LogP contribution is 2.37. The molecule has 108 valence electrons. The highest BCUT2D eigenvalue weighted by molar-refractivity contribution is 6.62. The minimum absolute atomic E-state index is 0.358. The summed E-state index contributed by atoms with van der Waals surface area (Å²) in [6.45, 7) is 9.62. The van der Waals surface area contributed by atoms with E-state index in [-0.39, 0.29) is 11.2 Å². The average Bonchev–Trinajstić information content (AvgIpc) is 2.48. The zero-order valence-electron chi connectivity index (χ0n) is 12.5. The Morgan fingerprint density at radius 3 is 2.30 bits per heavy atom. The second kappa shape index (κ2) is 4.45. The molecule has 0 aliphatic carbocycles. The lowest BCUT2D eigenvalue weighted by Crippen LogP contribution is -2.41. The average molecular weight is 276 g/mol.